The Hall–Kier alpha value is -1.96. The number of nitrogens with zero attached hydrogens (tertiary/aromatic N) is 4. The first-order valence-corrected chi connectivity index (χ1v) is 8.24. The maximum atomic E-state index is 12.1. The van der Waals surface area contributed by atoms with Gasteiger partial charge >= 0.3 is 6.09 Å². The van der Waals surface area contributed by atoms with Gasteiger partial charge in [-0.25, -0.2) is 9.78 Å². The standard InChI is InChI=1S/C15H22N4O3S/c1-9(19(6)14(20)21-15(3,4)5)7-12-17-13(22-18-12)11-8-23-10(2)16-11/h8-9H,7H2,1-6H3. The van der Waals surface area contributed by atoms with Gasteiger partial charge in [0.05, 0.1) is 5.01 Å². The summed E-state index contributed by atoms with van der Waals surface area (Å²) in [6.07, 6.45) is 0.103. The van der Waals surface area contributed by atoms with Gasteiger partial charge in [-0.2, -0.15) is 4.98 Å². The molecule has 126 valence electrons. The summed E-state index contributed by atoms with van der Waals surface area (Å²) < 4.78 is 10.6. The average molecular weight is 338 g/mol. The van der Waals surface area contributed by atoms with E-state index in [1.54, 1.807) is 7.05 Å². The number of carbonyl (C=O) groups excluding carboxylic acids is 1. The molecule has 1 amide bonds. The summed E-state index contributed by atoms with van der Waals surface area (Å²) in [7, 11) is 1.70. The molecular weight excluding hydrogens is 316 g/mol. The molecule has 0 aliphatic carbocycles. The van der Waals surface area contributed by atoms with Gasteiger partial charge < -0.3 is 14.2 Å². The molecule has 0 aliphatic rings. The van der Waals surface area contributed by atoms with Crippen LogP contribution < -0.4 is 0 Å². The van der Waals surface area contributed by atoms with Crippen LogP contribution in [0, 0.1) is 6.92 Å². The highest BCUT2D eigenvalue weighted by molar-refractivity contribution is 7.09. The molecule has 0 bridgehead atoms. The number of ether oxygens (including phenoxy) is 1. The van der Waals surface area contributed by atoms with Crippen LogP contribution in [0.3, 0.4) is 0 Å². The summed E-state index contributed by atoms with van der Waals surface area (Å²) in [6, 6.07) is -0.118. The van der Waals surface area contributed by atoms with Crippen molar-refractivity contribution in [1.82, 2.24) is 20.0 Å². The van der Waals surface area contributed by atoms with E-state index in [9.17, 15) is 4.79 Å². The van der Waals surface area contributed by atoms with Crippen LogP contribution >= 0.6 is 11.3 Å². The third-order valence-electron chi connectivity index (χ3n) is 3.13. The lowest BCUT2D eigenvalue weighted by Crippen LogP contribution is -2.40. The molecule has 0 N–H and O–H groups in total. The number of hydrogen-bond acceptors (Lipinski definition) is 7. The summed E-state index contributed by atoms with van der Waals surface area (Å²) in [4.78, 5) is 22.2. The zero-order valence-corrected chi connectivity index (χ0v) is 15.1. The van der Waals surface area contributed by atoms with Crippen molar-refractivity contribution in [3.8, 4) is 11.6 Å². The number of amides is 1. The quantitative estimate of drug-likeness (QED) is 0.851. The molecule has 0 saturated heterocycles. The Morgan fingerprint density at radius 2 is 2.13 bits per heavy atom. The van der Waals surface area contributed by atoms with Gasteiger partial charge in [0.2, 0.25) is 0 Å². The molecule has 7 nitrogen and oxygen atoms in total. The first kappa shape index (κ1) is 17.4. The zero-order valence-electron chi connectivity index (χ0n) is 14.3. The third-order valence-corrected chi connectivity index (χ3v) is 3.90. The van der Waals surface area contributed by atoms with Gasteiger partial charge in [0.15, 0.2) is 5.82 Å². The van der Waals surface area contributed by atoms with Crippen molar-refractivity contribution in [3.63, 3.8) is 0 Å². The Morgan fingerprint density at radius 3 is 2.70 bits per heavy atom. The normalized spacial score (nSPS) is 13.0. The third kappa shape index (κ3) is 4.75. The van der Waals surface area contributed by atoms with E-state index in [4.69, 9.17) is 9.26 Å². The molecule has 2 rings (SSSR count). The summed E-state index contributed by atoms with van der Waals surface area (Å²) in [5, 5.41) is 6.78. The van der Waals surface area contributed by atoms with E-state index >= 15 is 0 Å². The molecule has 0 aliphatic heterocycles. The molecule has 1 unspecified atom stereocenters. The van der Waals surface area contributed by atoms with Gasteiger partial charge in [-0.1, -0.05) is 5.16 Å². The van der Waals surface area contributed by atoms with E-state index in [1.165, 1.54) is 16.2 Å². The lowest BCUT2D eigenvalue weighted by Gasteiger charge is -2.28. The highest BCUT2D eigenvalue weighted by Gasteiger charge is 2.24. The minimum Gasteiger partial charge on any atom is -0.444 e. The second-order valence-corrected chi connectivity index (χ2v) is 7.47. The number of aryl methyl sites for hydroxylation is 1. The minimum absolute atomic E-state index is 0.118. The van der Waals surface area contributed by atoms with E-state index in [2.05, 4.69) is 15.1 Å². The highest BCUT2D eigenvalue weighted by Crippen LogP contribution is 2.20. The van der Waals surface area contributed by atoms with Crippen molar-refractivity contribution in [3.05, 3.63) is 16.2 Å². The van der Waals surface area contributed by atoms with Crippen LogP contribution in [0.5, 0.6) is 0 Å². The monoisotopic (exact) mass is 338 g/mol. The van der Waals surface area contributed by atoms with Crippen LogP contribution in [0.4, 0.5) is 4.79 Å². The van der Waals surface area contributed by atoms with Crippen LogP contribution in [0.2, 0.25) is 0 Å². The molecule has 0 fully saturated rings. The number of carbonyl (C=O) groups is 1. The maximum Gasteiger partial charge on any atom is 0.410 e. The molecule has 1 atom stereocenters. The van der Waals surface area contributed by atoms with Crippen molar-refractivity contribution >= 4 is 17.4 Å². The topological polar surface area (TPSA) is 81.4 Å². The van der Waals surface area contributed by atoms with Crippen LogP contribution in [0.25, 0.3) is 11.6 Å². The molecular formula is C15H22N4O3S. The lowest BCUT2D eigenvalue weighted by atomic mass is 10.2. The summed E-state index contributed by atoms with van der Waals surface area (Å²) in [5.41, 5.74) is 0.159. The Labute approximate surface area is 139 Å². The fraction of sp³-hybridized carbons (Fsp3) is 0.600. The molecule has 0 saturated carbocycles. The van der Waals surface area contributed by atoms with E-state index in [-0.39, 0.29) is 12.1 Å². The van der Waals surface area contributed by atoms with E-state index in [1.807, 2.05) is 40.0 Å². The molecule has 8 heteroatoms. The van der Waals surface area contributed by atoms with E-state index in [0.29, 0.717) is 23.8 Å². The summed E-state index contributed by atoms with van der Waals surface area (Å²) >= 11 is 1.53. The van der Waals surface area contributed by atoms with Gasteiger partial charge in [-0.15, -0.1) is 11.3 Å². The van der Waals surface area contributed by atoms with Crippen LogP contribution in [0.1, 0.15) is 38.5 Å². The van der Waals surface area contributed by atoms with Crippen molar-refractivity contribution in [2.75, 3.05) is 7.05 Å². The molecule has 2 aromatic heterocycles. The second kappa shape index (κ2) is 6.66. The predicted octanol–water partition coefficient (Wildman–Crippen LogP) is 3.30. The average Bonchev–Trinajstić information content (AvgIpc) is 3.04. The van der Waals surface area contributed by atoms with Crippen molar-refractivity contribution in [2.45, 2.75) is 52.7 Å². The lowest BCUT2D eigenvalue weighted by molar-refractivity contribution is 0.0234. The molecule has 0 spiro atoms. The Kier molecular flexibility index (Phi) is 5.03. The Bertz CT molecular complexity index is 674. The predicted molar refractivity (Wildman–Crippen MR) is 87.3 cm³/mol. The molecule has 0 radical (unpaired) electrons. The van der Waals surface area contributed by atoms with E-state index < -0.39 is 5.60 Å². The highest BCUT2D eigenvalue weighted by atomic mass is 32.1. The smallest absolute Gasteiger partial charge is 0.410 e. The number of thiazole rings is 1. The van der Waals surface area contributed by atoms with Gasteiger partial charge in [0, 0.05) is 24.9 Å². The Balaban J connectivity index is 1.99. The maximum absolute atomic E-state index is 12.1. The number of rotatable bonds is 4. The number of aromatic nitrogens is 3. The Morgan fingerprint density at radius 1 is 1.43 bits per heavy atom. The van der Waals surface area contributed by atoms with Crippen molar-refractivity contribution < 1.29 is 14.1 Å². The molecule has 2 heterocycles. The molecule has 0 aromatic carbocycles. The largest absolute Gasteiger partial charge is 0.444 e. The first-order chi connectivity index (χ1) is 10.7. The number of hydrogen-bond donors (Lipinski definition) is 0. The van der Waals surface area contributed by atoms with Crippen molar-refractivity contribution in [1.29, 1.82) is 0 Å². The molecule has 23 heavy (non-hydrogen) atoms. The fourth-order valence-electron chi connectivity index (χ4n) is 1.82. The van der Waals surface area contributed by atoms with Gasteiger partial charge in [0.25, 0.3) is 5.89 Å². The minimum atomic E-state index is -0.521. The van der Waals surface area contributed by atoms with Crippen LogP contribution in [-0.4, -0.2) is 44.8 Å². The first-order valence-electron chi connectivity index (χ1n) is 7.36. The van der Waals surface area contributed by atoms with E-state index in [0.717, 1.165) is 5.01 Å². The van der Waals surface area contributed by atoms with Crippen LogP contribution in [-0.2, 0) is 11.2 Å². The summed E-state index contributed by atoms with van der Waals surface area (Å²) in [6.45, 7) is 9.34. The number of likely N-dealkylation sites (N-methyl/N-ethyl adjacent to an activating group) is 1. The van der Waals surface area contributed by atoms with Gasteiger partial charge in [-0.3, -0.25) is 0 Å². The SMILES string of the molecule is Cc1nc(-c2nc(CC(C)N(C)C(=O)OC(C)(C)C)no2)cs1. The van der Waals surface area contributed by atoms with Crippen LogP contribution in [0.15, 0.2) is 9.90 Å². The zero-order chi connectivity index (χ0) is 17.2. The van der Waals surface area contributed by atoms with Gasteiger partial charge in [-0.05, 0) is 34.6 Å². The fourth-order valence-corrected chi connectivity index (χ4v) is 2.40. The summed E-state index contributed by atoms with van der Waals surface area (Å²) in [5.74, 6) is 0.935. The second-order valence-electron chi connectivity index (χ2n) is 6.41. The van der Waals surface area contributed by atoms with Gasteiger partial charge in [0.1, 0.15) is 11.3 Å². The molecule has 2 aromatic rings. The van der Waals surface area contributed by atoms with Crippen molar-refractivity contribution in [2.24, 2.45) is 0 Å².